The van der Waals surface area contributed by atoms with Gasteiger partial charge < -0.3 is 0 Å². The molecule has 0 atom stereocenters. The molecule has 0 nitrogen and oxygen atoms in total. The molecule has 17 heteroatoms. The predicted molar refractivity (Wildman–Crippen MR) is 146 cm³/mol. The van der Waals surface area contributed by atoms with Crippen molar-refractivity contribution < 1.29 is 92.1 Å². The van der Waals surface area contributed by atoms with Crippen LogP contribution in [0.2, 0.25) is 6.32 Å². The van der Waals surface area contributed by atoms with Gasteiger partial charge in [0, 0.05) is 0 Å². The van der Waals surface area contributed by atoms with Crippen LogP contribution in [-0.2, 0) is 26.2 Å². The van der Waals surface area contributed by atoms with Crippen LogP contribution in [0.4, 0.5) is 65.9 Å². The second-order valence-electron chi connectivity index (χ2n) is 9.63. The van der Waals surface area contributed by atoms with E-state index < -0.39 is 116 Å². The van der Waals surface area contributed by atoms with Crippen LogP contribution in [0.25, 0.3) is 0 Å². The van der Waals surface area contributed by atoms with Crippen LogP contribution in [0.3, 0.4) is 0 Å². The maximum absolute atomic E-state index is 15.0. The number of benzene rings is 3. The van der Waals surface area contributed by atoms with Gasteiger partial charge in [-0.2, -0.15) is 0 Å². The third-order valence-corrected chi connectivity index (χ3v) is 6.98. The van der Waals surface area contributed by atoms with Crippen molar-refractivity contribution >= 4 is 22.5 Å². The molecule has 0 N–H and O–H groups in total. The summed E-state index contributed by atoms with van der Waals surface area (Å²) in [4.78, 5) is 0. The van der Waals surface area contributed by atoms with Crippen LogP contribution in [-0.4, -0.2) is 6.15 Å². The van der Waals surface area contributed by atoms with E-state index in [0.29, 0.717) is 12.2 Å². The van der Waals surface area contributed by atoms with Crippen molar-refractivity contribution in [3.05, 3.63) is 171 Å². The summed E-state index contributed by atoms with van der Waals surface area (Å²) >= 11 is 0. The minimum atomic E-state index is -5.54. The predicted octanol–water partition coefficient (Wildman–Crippen LogP) is 7.67. The van der Waals surface area contributed by atoms with Gasteiger partial charge in [-0.15, -0.1) is 16.4 Å². The molecule has 0 aromatic heterocycles. The first-order chi connectivity index (χ1) is 22.6. The molecule has 0 bridgehead atoms. The van der Waals surface area contributed by atoms with Gasteiger partial charge in [0.25, 0.3) is 0 Å². The summed E-state index contributed by atoms with van der Waals surface area (Å²) in [6, 6.07) is 0. The van der Waals surface area contributed by atoms with Gasteiger partial charge in [0.1, 0.15) is 34.9 Å². The molecule has 0 amide bonds. The normalized spacial score (nSPS) is 14.3. The Kier molecular flexibility index (Phi) is 15.5. The van der Waals surface area contributed by atoms with Crippen LogP contribution < -0.4 is 16.4 Å². The van der Waals surface area contributed by atoms with Crippen LogP contribution >= 0.6 is 0 Å². The summed E-state index contributed by atoms with van der Waals surface area (Å²) < 4.78 is 216. The van der Waals surface area contributed by atoms with E-state index in [0.717, 1.165) is 0 Å². The van der Waals surface area contributed by atoms with E-state index in [1.54, 1.807) is 0 Å². The van der Waals surface area contributed by atoms with Gasteiger partial charge in [-0.1, -0.05) is 0 Å². The molecule has 2 aliphatic carbocycles. The summed E-state index contributed by atoms with van der Waals surface area (Å²) in [7, 11) is 0. The number of hydrogen-bond donors (Lipinski definition) is 0. The molecular weight excluding hydrogens is 771 g/mol. The summed E-state index contributed by atoms with van der Waals surface area (Å²) in [5.41, 5.74) is -7.94. The van der Waals surface area contributed by atoms with Crippen molar-refractivity contribution in [3.8, 4) is 0 Å². The third kappa shape index (κ3) is 8.06. The van der Waals surface area contributed by atoms with Crippen LogP contribution in [0.15, 0.2) is 12.2 Å². The van der Waals surface area contributed by atoms with Crippen molar-refractivity contribution in [2.75, 3.05) is 0 Å². The molecule has 0 saturated heterocycles. The van der Waals surface area contributed by atoms with Gasteiger partial charge in [0.2, 0.25) is 0 Å². The van der Waals surface area contributed by atoms with Crippen LogP contribution in [0.1, 0.15) is 0 Å². The second-order valence-corrected chi connectivity index (χ2v) is 9.63. The fraction of sp³-hybridized carbons (Fsp3) is 0.0312. The first-order valence-corrected chi connectivity index (χ1v) is 13.1. The van der Waals surface area contributed by atoms with E-state index in [-0.39, 0.29) is 26.2 Å². The molecule has 10 radical (unpaired) electrons. The summed E-state index contributed by atoms with van der Waals surface area (Å²) in [6.07, 6.45) is 13.4. The van der Waals surface area contributed by atoms with Gasteiger partial charge in [-0.3, -0.25) is 6.08 Å². The Balaban J connectivity index is 0.000000644. The Morgan fingerprint density at radius 2 is 0.510 bits per heavy atom. The number of halogens is 15. The van der Waals surface area contributed by atoms with E-state index in [1.165, 1.54) is 0 Å². The van der Waals surface area contributed by atoms with Gasteiger partial charge >= 0.3 is 26.2 Å². The van der Waals surface area contributed by atoms with Gasteiger partial charge in [-0.05, 0) is 64.2 Å². The average molecular weight is 787 g/mol. The molecule has 0 spiro atoms. The number of allylic oxidation sites excluding steroid dienone is 2. The Bertz CT molecular complexity index is 1400. The summed E-state index contributed by atoms with van der Waals surface area (Å²) in [5.74, 6) is -45.3. The molecule has 49 heavy (non-hydrogen) atoms. The second kappa shape index (κ2) is 17.9. The number of rotatable bonds is 5. The Hall–Kier alpha value is -2.83. The summed E-state index contributed by atoms with van der Waals surface area (Å²) in [6.45, 7) is 2.99. The van der Waals surface area contributed by atoms with E-state index in [4.69, 9.17) is 0 Å². The maximum Gasteiger partial charge on any atom is 2.00 e. The van der Waals surface area contributed by atoms with Crippen LogP contribution in [0.5, 0.6) is 0 Å². The molecular formula is C32H16BF15Zr. The van der Waals surface area contributed by atoms with Crippen molar-refractivity contribution in [2.45, 2.75) is 6.32 Å². The standard InChI is InChI=1S/C22H6BF15.2C5H5.Zr/c1-2-3-4-23(5-8(24)14(30)20(36)15(31)9(5)25,6-10(26)16(32)21(37)17(33)11(6)27)7-12(28)18(34)22(38)19(35)13(7)29;2*1-2-4-5-3-1;/h2-3H,1,4H2;2*1-5H;/q-2;;;+2/b3-2+;;;. The zero-order chi connectivity index (χ0) is 36.1. The third-order valence-electron chi connectivity index (χ3n) is 6.98. The van der Waals surface area contributed by atoms with E-state index in [2.05, 4.69) is 6.92 Å². The largest absolute Gasteiger partial charge is 2.00 e. The quantitative estimate of drug-likeness (QED) is 0.0820. The minimum Gasteiger partial charge on any atom is -0.264 e. The molecule has 2 saturated carbocycles. The van der Waals surface area contributed by atoms with Crippen molar-refractivity contribution in [1.29, 1.82) is 0 Å². The zero-order valence-corrected chi connectivity index (χ0v) is 26.5. The Labute approximate surface area is 290 Å². The molecule has 0 heterocycles. The molecule has 3 aromatic carbocycles. The van der Waals surface area contributed by atoms with E-state index in [9.17, 15) is 39.5 Å². The van der Waals surface area contributed by atoms with Crippen LogP contribution in [0, 0.1) is 158 Å². The Morgan fingerprint density at radius 3 is 0.673 bits per heavy atom. The van der Waals surface area contributed by atoms with E-state index >= 15 is 26.3 Å². The molecule has 2 aliphatic rings. The molecule has 0 unspecified atom stereocenters. The number of hydrogen-bond acceptors (Lipinski definition) is 0. The fourth-order valence-corrected chi connectivity index (χ4v) is 4.89. The van der Waals surface area contributed by atoms with Gasteiger partial charge in [0.15, 0.2) is 52.4 Å². The first-order valence-electron chi connectivity index (χ1n) is 13.1. The summed E-state index contributed by atoms with van der Waals surface area (Å²) in [5, 5.41) is 0. The smallest absolute Gasteiger partial charge is 0.264 e. The van der Waals surface area contributed by atoms with E-state index in [1.807, 2.05) is 64.2 Å². The topological polar surface area (TPSA) is 0 Å². The molecule has 3 aromatic rings. The first kappa shape index (κ1) is 42.3. The Morgan fingerprint density at radius 1 is 0.347 bits per heavy atom. The van der Waals surface area contributed by atoms with Crippen molar-refractivity contribution in [1.82, 2.24) is 0 Å². The molecule has 0 aliphatic heterocycles. The van der Waals surface area contributed by atoms with Crippen molar-refractivity contribution in [2.24, 2.45) is 0 Å². The average Bonchev–Trinajstić information content (AvgIpc) is 3.86. The maximum atomic E-state index is 15.0. The van der Waals surface area contributed by atoms with Gasteiger partial charge in [-0.25, -0.2) is 85.2 Å². The molecule has 5 rings (SSSR count). The van der Waals surface area contributed by atoms with Crippen molar-refractivity contribution in [3.63, 3.8) is 0 Å². The molecule has 2 fully saturated rings. The minimum absolute atomic E-state index is 0. The zero-order valence-electron chi connectivity index (χ0n) is 24.1. The SMILES string of the molecule is [CH2-]/C=C/C[B-](c1c(F)c(F)c(F)c(F)c1F)(c1c(F)c(F)c(F)c(F)c1F)c1c(F)c(F)c(F)c(F)c1F.[CH]1[CH][CH][CH][CH]1.[CH]1[CH][CH][CH][CH]1.[Zr+2]. The molecule has 256 valence electrons. The monoisotopic (exact) mass is 786 g/mol. The van der Waals surface area contributed by atoms with Gasteiger partial charge in [0.05, 0.1) is 6.15 Å². The fourth-order valence-electron chi connectivity index (χ4n) is 4.89.